The molecule has 8 nitrogen and oxygen atoms in total. The molecule has 4 aliphatic heterocycles. The van der Waals surface area contributed by atoms with Crippen LogP contribution in [0.25, 0.3) is 0 Å². The van der Waals surface area contributed by atoms with Gasteiger partial charge in [0.25, 0.3) is 0 Å². The minimum absolute atomic E-state index is 0.0431. The van der Waals surface area contributed by atoms with Gasteiger partial charge in [0, 0.05) is 19.3 Å². The molecule has 1 spiro atoms. The number of aliphatic hydroxyl groups is 1. The number of allylic oxidation sites excluding steroid dienone is 4. The fourth-order valence-corrected chi connectivity index (χ4v) is 6.85. The molecule has 8 heteroatoms. The van der Waals surface area contributed by atoms with Gasteiger partial charge in [0.2, 0.25) is 0 Å². The Bertz CT molecular complexity index is 1120. The first kappa shape index (κ1) is 28.3. The van der Waals surface area contributed by atoms with Gasteiger partial charge in [0.15, 0.2) is 5.79 Å². The fraction of sp³-hybridized carbons (Fsp3) is 0.677. The molecule has 3 fully saturated rings. The topological polar surface area (TPSA) is 107 Å². The van der Waals surface area contributed by atoms with Crippen LogP contribution in [0.1, 0.15) is 73.1 Å². The lowest BCUT2D eigenvalue weighted by molar-refractivity contribution is -0.332. The highest BCUT2D eigenvalue weighted by Crippen LogP contribution is 2.46. The van der Waals surface area contributed by atoms with Crippen molar-refractivity contribution in [2.75, 3.05) is 6.61 Å². The lowest BCUT2D eigenvalue weighted by Gasteiger charge is -2.49. The van der Waals surface area contributed by atoms with E-state index in [4.69, 9.17) is 18.9 Å². The first-order valence-electron chi connectivity index (χ1n) is 14.4. The summed E-state index contributed by atoms with van der Waals surface area (Å²) >= 11 is 0. The van der Waals surface area contributed by atoms with Crippen LogP contribution in [0.5, 0.6) is 0 Å². The predicted molar refractivity (Wildman–Crippen MR) is 146 cm³/mol. The lowest BCUT2D eigenvalue weighted by Crippen LogP contribution is -2.57. The molecule has 0 radical (unpaired) electrons. The fourth-order valence-electron chi connectivity index (χ4n) is 6.85. The Labute approximate surface area is 231 Å². The van der Waals surface area contributed by atoms with Crippen molar-refractivity contribution in [2.24, 2.45) is 22.9 Å². The summed E-state index contributed by atoms with van der Waals surface area (Å²) < 4.78 is 25.3. The van der Waals surface area contributed by atoms with E-state index in [2.05, 4.69) is 45.0 Å². The van der Waals surface area contributed by atoms with E-state index in [0.29, 0.717) is 36.3 Å². The molecule has 5 aliphatic rings. The van der Waals surface area contributed by atoms with Crippen LogP contribution in [0, 0.1) is 17.8 Å². The largest absolute Gasteiger partial charge is 0.462 e. The quantitative estimate of drug-likeness (QED) is 0.192. The van der Waals surface area contributed by atoms with Gasteiger partial charge in [-0.15, -0.1) is 0 Å². The van der Waals surface area contributed by atoms with E-state index in [0.717, 1.165) is 19.3 Å². The number of ether oxygens (including phenoxy) is 4. The van der Waals surface area contributed by atoms with E-state index in [1.54, 1.807) is 13.0 Å². The standard InChI is InChI=1S/C31H43NO7/c1-18-7-6-8-23-17-36-28-27(32-35)21(4)14-26(31(23,28)34)29(33)37-25-15-24(10-9-19(2)13-18)39-30(16-25)12-11-20(3)22(5)38-30/h6-9,14,18,20,22,24-26,28,34-35H,10-13,15-17H2,1-5H3/b7-6-,19-9-,23-8-,32-27+/t18-,20-,22+,24+,25-,26-,28+,30-,31+/m0/s1. The highest BCUT2D eigenvalue weighted by molar-refractivity contribution is 6.06. The molecule has 5 rings (SSSR count). The second-order valence-corrected chi connectivity index (χ2v) is 12.4. The summed E-state index contributed by atoms with van der Waals surface area (Å²) in [7, 11) is 0. The number of carbonyl (C=O) groups excluding carboxylic acids is 1. The van der Waals surface area contributed by atoms with E-state index >= 15 is 0 Å². The Morgan fingerprint density at radius 3 is 2.67 bits per heavy atom. The molecule has 0 saturated carbocycles. The average molecular weight is 542 g/mol. The summed E-state index contributed by atoms with van der Waals surface area (Å²) in [5.41, 5.74) is 0.916. The van der Waals surface area contributed by atoms with Crippen LogP contribution < -0.4 is 0 Å². The Kier molecular flexibility index (Phi) is 7.94. The summed E-state index contributed by atoms with van der Waals surface area (Å²) in [4.78, 5) is 13.9. The zero-order valence-electron chi connectivity index (χ0n) is 23.8. The van der Waals surface area contributed by atoms with Crippen LogP contribution in [0.15, 0.2) is 52.3 Å². The van der Waals surface area contributed by atoms with Gasteiger partial charge >= 0.3 is 5.97 Å². The van der Waals surface area contributed by atoms with E-state index in [-0.39, 0.29) is 30.4 Å². The molecule has 2 bridgehead atoms. The molecule has 0 unspecified atom stereocenters. The number of fused-ring (bicyclic) bond motifs is 2. The highest BCUT2D eigenvalue weighted by atomic mass is 16.7. The molecule has 4 heterocycles. The maximum atomic E-state index is 13.9. The van der Waals surface area contributed by atoms with Crippen molar-refractivity contribution in [3.63, 3.8) is 0 Å². The maximum absolute atomic E-state index is 13.9. The number of hydrogen-bond donors (Lipinski definition) is 2. The van der Waals surface area contributed by atoms with E-state index in [1.807, 2.05) is 12.2 Å². The summed E-state index contributed by atoms with van der Waals surface area (Å²) in [5, 5.41) is 25.2. The molecule has 9 atom stereocenters. The van der Waals surface area contributed by atoms with E-state index in [1.165, 1.54) is 5.57 Å². The number of oxime groups is 1. The molecule has 0 amide bonds. The van der Waals surface area contributed by atoms with Crippen molar-refractivity contribution in [3.8, 4) is 0 Å². The zero-order chi connectivity index (χ0) is 27.9. The van der Waals surface area contributed by atoms with Crippen LogP contribution in [0.3, 0.4) is 0 Å². The molecular formula is C31H43NO7. The molecule has 0 aromatic rings. The van der Waals surface area contributed by atoms with Crippen molar-refractivity contribution in [2.45, 2.75) is 109 Å². The SMILES string of the molecule is CC1=C[C@H]2C(=O)O[C@H]3C[C@@H](C/C=C(/C)C[C@@H](C)/C=C\C=C4\CO[C@H](/C1=N/O)[C@@]42O)O[C@@]1(CC[C@H](C)[C@@H](C)O1)C3. The number of nitrogens with zero attached hydrogens (tertiary/aromatic N) is 1. The first-order chi connectivity index (χ1) is 18.5. The zero-order valence-corrected chi connectivity index (χ0v) is 23.8. The molecule has 2 N–H and O–H groups in total. The molecule has 214 valence electrons. The second-order valence-electron chi connectivity index (χ2n) is 12.4. The smallest absolute Gasteiger partial charge is 0.316 e. The van der Waals surface area contributed by atoms with Crippen molar-refractivity contribution < 1.29 is 34.1 Å². The van der Waals surface area contributed by atoms with Gasteiger partial charge in [0.05, 0.1) is 18.8 Å². The van der Waals surface area contributed by atoms with Crippen molar-refractivity contribution in [1.82, 2.24) is 0 Å². The summed E-state index contributed by atoms with van der Waals surface area (Å²) in [6.07, 6.45) is 12.6. The normalized spacial score (nSPS) is 47.8. The number of rotatable bonds is 0. The van der Waals surface area contributed by atoms with Crippen LogP contribution in [-0.2, 0) is 23.7 Å². The molecule has 0 aromatic carbocycles. The summed E-state index contributed by atoms with van der Waals surface area (Å²) in [6, 6.07) is 0. The number of esters is 1. The molecule has 39 heavy (non-hydrogen) atoms. The predicted octanol–water partition coefficient (Wildman–Crippen LogP) is 5.00. The monoisotopic (exact) mass is 541 g/mol. The molecular weight excluding hydrogens is 498 g/mol. The lowest BCUT2D eigenvalue weighted by atomic mass is 9.71. The average Bonchev–Trinajstić information content (AvgIpc) is 3.21. The third-order valence-electron chi connectivity index (χ3n) is 9.25. The van der Waals surface area contributed by atoms with Gasteiger partial charge in [-0.25, -0.2) is 0 Å². The maximum Gasteiger partial charge on any atom is 0.316 e. The Morgan fingerprint density at radius 1 is 1.13 bits per heavy atom. The minimum atomic E-state index is -1.72. The first-order valence-corrected chi connectivity index (χ1v) is 14.4. The van der Waals surface area contributed by atoms with Gasteiger partial charge in [-0.2, -0.15) is 0 Å². The van der Waals surface area contributed by atoms with Gasteiger partial charge in [0.1, 0.15) is 29.4 Å². The second kappa shape index (κ2) is 11.0. The molecule has 3 saturated heterocycles. The number of carbonyl (C=O) groups is 1. The summed E-state index contributed by atoms with van der Waals surface area (Å²) in [6.45, 7) is 10.4. The Balaban J connectivity index is 1.53. The van der Waals surface area contributed by atoms with Crippen LogP contribution in [-0.4, -0.2) is 64.4 Å². The third kappa shape index (κ3) is 5.41. The van der Waals surface area contributed by atoms with E-state index < -0.39 is 35.5 Å². The van der Waals surface area contributed by atoms with Gasteiger partial charge in [-0.3, -0.25) is 4.79 Å². The van der Waals surface area contributed by atoms with Gasteiger partial charge in [-0.1, -0.05) is 55.0 Å². The van der Waals surface area contributed by atoms with Crippen molar-refractivity contribution >= 4 is 11.7 Å². The molecule has 1 aliphatic carbocycles. The van der Waals surface area contributed by atoms with Gasteiger partial charge < -0.3 is 29.3 Å². The molecule has 0 aromatic heterocycles. The number of hydrogen-bond acceptors (Lipinski definition) is 8. The Hall–Kier alpha value is -2.26. The Morgan fingerprint density at radius 2 is 1.92 bits per heavy atom. The van der Waals surface area contributed by atoms with Crippen molar-refractivity contribution in [1.29, 1.82) is 0 Å². The van der Waals surface area contributed by atoms with Crippen LogP contribution in [0.2, 0.25) is 0 Å². The minimum Gasteiger partial charge on any atom is -0.462 e. The van der Waals surface area contributed by atoms with E-state index in [9.17, 15) is 15.1 Å². The third-order valence-corrected chi connectivity index (χ3v) is 9.25. The van der Waals surface area contributed by atoms with Crippen LogP contribution in [0.4, 0.5) is 0 Å². The van der Waals surface area contributed by atoms with Crippen molar-refractivity contribution in [3.05, 3.63) is 47.1 Å². The highest BCUT2D eigenvalue weighted by Gasteiger charge is 2.59. The summed E-state index contributed by atoms with van der Waals surface area (Å²) in [5.74, 6) is -1.62. The van der Waals surface area contributed by atoms with Gasteiger partial charge in [-0.05, 0) is 63.0 Å². The van der Waals surface area contributed by atoms with Crippen LogP contribution >= 0.6 is 0 Å².